The summed E-state index contributed by atoms with van der Waals surface area (Å²) in [6.07, 6.45) is 3.81. The first-order valence-electron chi connectivity index (χ1n) is 10.6. The molecule has 2 unspecified atom stereocenters. The van der Waals surface area contributed by atoms with Crippen LogP contribution < -0.4 is 9.73 Å². The molecule has 2 N–H and O–H groups in total. The zero-order chi connectivity index (χ0) is 22.8. The minimum Gasteiger partial charge on any atom is -0.390 e. The van der Waals surface area contributed by atoms with Crippen molar-refractivity contribution in [3.63, 3.8) is 0 Å². The molecule has 0 aliphatic heterocycles. The van der Waals surface area contributed by atoms with Gasteiger partial charge in [-0.05, 0) is 82.8 Å². The van der Waals surface area contributed by atoms with Crippen LogP contribution in [0.25, 0.3) is 0 Å². The summed E-state index contributed by atoms with van der Waals surface area (Å²) in [5.41, 5.74) is 0.0194. The van der Waals surface area contributed by atoms with Crippen molar-refractivity contribution in [2.24, 2.45) is 17.8 Å². The van der Waals surface area contributed by atoms with Gasteiger partial charge in [0.15, 0.2) is 9.78 Å². The number of carbonyl (C=O) groups excluding carboxylic acids is 1. The van der Waals surface area contributed by atoms with E-state index in [-0.39, 0.29) is 28.0 Å². The van der Waals surface area contributed by atoms with Crippen molar-refractivity contribution in [2.75, 3.05) is 4.41 Å². The van der Waals surface area contributed by atoms with E-state index in [1.165, 1.54) is 26.0 Å². The third kappa shape index (κ3) is 3.59. The molecule has 4 fully saturated rings. The van der Waals surface area contributed by atoms with Crippen molar-refractivity contribution in [3.8, 4) is 0 Å². The first kappa shape index (κ1) is 22.0. The largest absolute Gasteiger partial charge is 0.390 e. The van der Waals surface area contributed by atoms with Crippen molar-refractivity contribution in [3.05, 3.63) is 39.9 Å². The molecule has 1 aromatic carbocycles. The zero-order valence-electron chi connectivity index (χ0n) is 17.9. The second-order valence-corrected chi connectivity index (χ2v) is 12.3. The number of amides is 1. The smallest absolute Gasteiger partial charge is 0.303 e. The molecular weight excluding hydrogens is 422 g/mol. The fourth-order valence-corrected chi connectivity index (χ4v) is 7.17. The standard InChI is InChI=1S/C21H29N3O6S/c1-13-4-6-17(7-5-13)23(24(27)28)31(29,30)20(2,3)19(25)22-18-15-8-14-9-16(18)12-21(26,10-14)11-15/h4-7,14-16,18,26H,8-12H2,1-3H3,(H,22,25). The molecule has 0 aromatic heterocycles. The van der Waals surface area contributed by atoms with Crippen LogP contribution in [0.2, 0.25) is 0 Å². The number of aryl methyl sites for hydroxylation is 1. The summed E-state index contributed by atoms with van der Waals surface area (Å²) in [6, 6.07) is 5.63. The van der Waals surface area contributed by atoms with Crippen molar-refractivity contribution >= 4 is 21.6 Å². The summed E-state index contributed by atoms with van der Waals surface area (Å²) in [7, 11) is -4.68. The lowest BCUT2D eigenvalue weighted by Gasteiger charge is -2.58. The highest BCUT2D eigenvalue weighted by Crippen LogP contribution is 2.55. The maximum Gasteiger partial charge on any atom is 0.303 e. The molecule has 4 bridgehead atoms. The van der Waals surface area contributed by atoms with Gasteiger partial charge in [-0.25, -0.2) is 18.5 Å². The van der Waals surface area contributed by atoms with E-state index in [0.29, 0.717) is 18.8 Å². The van der Waals surface area contributed by atoms with Crippen LogP contribution in [0.1, 0.15) is 51.5 Å². The maximum atomic E-state index is 13.3. The number of carbonyl (C=O) groups is 1. The summed E-state index contributed by atoms with van der Waals surface area (Å²) in [4.78, 5) is 24.9. The molecule has 4 aliphatic rings. The fourth-order valence-electron chi connectivity index (χ4n) is 5.87. The van der Waals surface area contributed by atoms with E-state index in [9.17, 15) is 28.4 Å². The highest BCUT2D eigenvalue weighted by molar-refractivity contribution is 7.94. The third-order valence-electron chi connectivity index (χ3n) is 7.36. The van der Waals surface area contributed by atoms with Crippen molar-refractivity contribution in [2.45, 2.75) is 69.3 Å². The Morgan fingerprint density at radius 3 is 2.23 bits per heavy atom. The number of hydrogen-bond donors (Lipinski definition) is 2. The van der Waals surface area contributed by atoms with Crippen LogP contribution in [-0.4, -0.2) is 40.9 Å². The van der Waals surface area contributed by atoms with Gasteiger partial charge in [0.1, 0.15) is 5.69 Å². The lowest BCUT2D eigenvalue weighted by Crippen LogP contribution is -2.64. The zero-order valence-corrected chi connectivity index (χ0v) is 18.8. The number of nitro groups is 1. The average Bonchev–Trinajstić information content (AvgIpc) is 2.64. The molecule has 0 heterocycles. The molecule has 1 aromatic rings. The molecule has 9 nitrogen and oxygen atoms in total. The molecule has 0 radical (unpaired) electrons. The Morgan fingerprint density at radius 2 is 1.74 bits per heavy atom. The average molecular weight is 452 g/mol. The van der Waals surface area contributed by atoms with Crippen LogP contribution in [0.3, 0.4) is 0 Å². The van der Waals surface area contributed by atoms with Crippen LogP contribution in [-0.2, 0) is 14.8 Å². The highest BCUT2D eigenvalue weighted by Gasteiger charge is 2.57. The van der Waals surface area contributed by atoms with E-state index >= 15 is 0 Å². The highest BCUT2D eigenvalue weighted by atomic mass is 32.2. The topological polar surface area (TPSA) is 130 Å². The number of rotatable bonds is 6. The first-order chi connectivity index (χ1) is 14.3. The van der Waals surface area contributed by atoms with Crippen LogP contribution in [0.15, 0.2) is 24.3 Å². The molecule has 10 heteroatoms. The molecule has 0 saturated heterocycles. The molecule has 1 amide bonds. The monoisotopic (exact) mass is 451 g/mol. The molecule has 170 valence electrons. The number of aliphatic hydroxyl groups is 1. The molecule has 2 atom stereocenters. The van der Waals surface area contributed by atoms with E-state index in [2.05, 4.69) is 5.32 Å². The Morgan fingerprint density at radius 1 is 1.19 bits per heavy atom. The summed E-state index contributed by atoms with van der Waals surface area (Å²) in [5.74, 6) is -0.111. The number of hydrazine groups is 1. The molecule has 4 saturated carbocycles. The summed E-state index contributed by atoms with van der Waals surface area (Å²) < 4.78 is 24.6. The van der Waals surface area contributed by atoms with Gasteiger partial charge in [-0.1, -0.05) is 17.7 Å². The predicted octanol–water partition coefficient (Wildman–Crippen LogP) is 2.16. The van der Waals surface area contributed by atoms with Crippen molar-refractivity contribution < 1.29 is 23.4 Å². The Hall–Kier alpha value is -2.20. The van der Waals surface area contributed by atoms with E-state index in [1.807, 2.05) is 0 Å². The van der Waals surface area contributed by atoms with Gasteiger partial charge in [-0.15, -0.1) is 0 Å². The quantitative estimate of drug-likeness (QED) is 0.504. The Bertz CT molecular complexity index is 990. The van der Waals surface area contributed by atoms with Crippen LogP contribution >= 0.6 is 0 Å². The normalized spacial score (nSPS) is 32.0. The van der Waals surface area contributed by atoms with Gasteiger partial charge in [0.25, 0.3) is 0 Å². The minimum atomic E-state index is -4.68. The van der Waals surface area contributed by atoms with E-state index < -0.39 is 31.3 Å². The van der Waals surface area contributed by atoms with E-state index in [1.54, 1.807) is 19.1 Å². The predicted molar refractivity (Wildman–Crippen MR) is 114 cm³/mol. The van der Waals surface area contributed by atoms with Gasteiger partial charge in [0.2, 0.25) is 5.91 Å². The van der Waals surface area contributed by atoms with Gasteiger partial charge in [-0.3, -0.25) is 4.79 Å². The first-order valence-corrected chi connectivity index (χ1v) is 12.1. The van der Waals surface area contributed by atoms with Crippen molar-refractivity contribution in [1.29, 1.82) is 0 Å². The lowest BCUT2D eigenvalue weighted by atomic mass is 9.52. The number of anilines is 1. The SMILES string of the molecule is Cc1ccc(N([N+](=O)[O-])S(=O)(=O)C(C)(C)C(=O)NC2C3CC4CC2CC(O)(C4)C3)cc1. The van der Waals surface area contributed by atoms with Gasteiger partial charge >= 0.3 is 10.0 Å². The third-order valence-corrected chi connectivity index (χ3v) is 9.64. The number of sulfonamides is 1. The molecule has 4 aliphatic carbocycles. The number of benzene rings is 1. The Kier molecular flexibility index (Phi) is 5.09. The van der Waals surface area contributed by atoms with Crippen LogP contribution in [0.5, 0.6) is 0 Å². The number of nitrogens with zero attached hydrogens (tertiary/aromatic N) is 2. The van der Waals surface area contributed by atoms with E-state index in [4.69, 9.17) is 0 Å². The molecular formula is C21H29N3O6S. The second kappa shape index (κ2) is 7.16. The van der Waals surface area contributed by atoms with E-state index in [0.717, 1.165) is 24.8 Å². The molecule has 0 spiro atoms. The van der Waals surface area contributed by atoms with Gasteiger partial charge in [-0.2, -0.15) is 0 Å². The summed E-state index contributed by atoms with van der Waals surface area (Å²) in [6.45, 7) is 4.19. The summed E-state index contributed by atoms with van der Waals surface area (Å²) in [5, 5.41) is 24.3. The van der Waals surface area contributed by atoms with Gasteiger partial charge < -0.3 is 10.4 Å². The van der Waals surface area contributed by atoms with Crippen LogP contribution in [0.4, 0.5) is 5.69 Å². The van der Waals surface area contributed by atoms with Gasteiger partial charge in [0.05, 0.1) is 5.60 Å². The Labute approximate surface area is 182 Å². The maximum absolute atomic E-state index is 13.3. The number of hydrogen-bond acceptors (Lipinski definition) is 6. The second-order valence-electron chi connectivity index (χ2n) is 10.0. The number of nitrogens with one attached hydrogen (secondary N) is 1. The fraction of sp³-hybridized carbons (Fsp3) is 0.667. The molecule has 31 heavy (non-hydrogen) atoms. The lowest BCUT2D eigenvalue weighted by molar-refractivity contribution is -0.474. The van der Waals surface area contributed by atoms with Crippen molar-refractivity contribution in [1.82, 2.24) is 5.32 Å². The Balaban J connectivity index is 1.58. The van der Waals surface area contributed by atoms with Crippen LogP contribution in [0, 0.1) is 34.8 Å². The summed E-state index contributed by atoms with van der Waals surface area (Å²) >= 11 is 0. The van der Waals surface area contributed by atoms with Gasteiger partial charge in [0, 0.05) is 10.5 Å². The minimum absolute atomic E-state index is 0.0889. The molecule has 5 rings (SSSR count).